The minimum Gasteiger partial charge on any atom is -0.829 e. The minimum absolute atomic E-state index is 0. The van der Waals surface area contributed by atoms with Crippen LogP contribution < -0.4 is 5.11 Å². The third-order valence-electron chi connectivity index (χ3n) is 1.85. The number of hydrogen-bond donors (Lipinski definition) is 4. The van der Waals surface area contributed by atoms with Crippen molar-refractivity contribution >= 4 is 12.4 Å². The molecular formula is C6H12ClO6-. The highest BCUT2D eigenvalue weighted by molar-refractivity contribution is 5.85. The Balaban J connectivity index is 0.00000144. The van der Waals surface area contributed by atoms with Gasteiger partial charge in [-0.25, -0.2) is 0 Å². The van der Waals surface area contributed by atoms with Gasteiger partial charge in [-0.05, 0) is 0 Å². The molecule has 0 saturated carbocycles. The first kappa shape index (κ1) is 13.1. The quantitative estimate of drug-likeness (QED) is 0.362. The van der Waals surface area contributed by atoms with Gasteiger partial charge in [-0.2, -0.15) is 0 Å². The molecule has 5 unspecified atom stereocenters. The second-order valence-electron chi connectivity index (χ2n) is 2.70. The van der Waals surface area contributed by atoms with E-state index in [0.29, 0.717) is 0 Å². The topological polar surface area (TPSA) is 113 Å². The number of ether oxygens (including phenoxy) is 1. The molecule has 1 aliphatic rings. The second kappa shape index (κ2) is 5.06. The smallest absolute Gasteiger partial charge is 0.111 e. The van der Waals surface area contributed by atoms with Crippen LogP contribution in [0.15, 0.2) is 0 Å². The van der Waals surface area contributed by atoms with Crippen molar-refractivity contribution in [1.82, 2.24) is 0 Å². The Kier molecular flexibility index (Phi) is 5.08. The molecule has 6 nitrogen and oxygen atoms in total. The summed E-state index contributed by atoms with van der Waals surface area (Å²) in [5.74, 6) is 0. The molecule has 0 radical (unpaired) electrons. The molecule has 1 aliphatic heterocycles. The summed E-state index contributed by atoms with van der Waals surface area (Å²) >= 11 is 0. The van der Waals surface area contributed by atoms with Crippen molar-refractivity contribution in [2.24, 2.45) is 0 Å². The summed E-state index contributed by atoms with van der Waals surface area (Å²) in [4.78, 5) is 0. The Labute approximate surface area is 80.8 Å². The van der Waals surface area contributed by atoms with E-state index >= 15 is 0 Å². The lowest BCUT2D eigenvalue weighted by molar-refractivity contribution is -0.532. The standard InChI is InChI=1S/C6H11O6.ClH/c7-1-2-3(8)4(9)5(10)6(11)12-2;/h2-10H,1H2;1H/q-1;. The number of hydrogen-bond acceptors (Lipinski definition) is 6. The van der Waals surface area contributed by atoms with Gasteiger partial charge in [0, 0.05) is 6.29 Å². The number of aliphatic hydroxyl groups is 4. The van der Waals surface area contributed by atoms with Gasteiger partial charge >= 0.3 is 0 Å². The normalized spacial score (nSPS) is 45.5. The molecule has 0 amide bonds. The molecule has 0 aromatic carbocycles. The molecule has 7 heteroatoms. The lowest BCUT2D eigenvalue weighted by Gasteiger charge is -2.43. The Morgan fingerprint density at radius 1 is 1.08 bits per heavy atom. The van der Waals surface area contributed by atoms with E-state index in [1.807, 2.05) is 0 Å². The predicted molar refractivity (Wildman–Crippen MR) is 41.0 cm³/mol. The molecule has 80 valence electrons. The minimum atomic E-state index is -1.82. The zero-order valence-corrected chi connectivity index (χ0v) is 7.42. The Hall–Kier alpha value is 0.0500. The highest BCUT2D eigenvalue weighted by Gasteiger charge is 2.38. The van der Waals surface area contributed by atoms with Crippen molar-refractivity contribution in [3.05, 3.63) is 0 Å². The summed E-state index contributed by atoms with van der Waals surface area (Å²) < 4.78 is 4.46. The summed E-state index contributed by atoms with van der Waals surface area (Å²) in [6.45, 7) is -0.566. The third-order valence-corrected chi connectivity index (χ3v) is 1.85. The van der Waals surface area contributed by atoms with Crippen LogP contribution in [0.5, 0.6) is 0 Å². The van der Waals surface area contributed by atoms with Crippen LogP contribution in [-0.4, -0.2) is 57.7 Å². The van der Waals surface area contributed by atoms with Crippen LogP contribution in [0, 0.1) is 0 Å². The largest absolute Gasteiger partial charge is 0.829 e. The van der Waals surface area contributed by atoms with Gasteiger partial charge in [0.25, 0.3) is 0 Å². The summed E-state index contributed by atoms with van der Waals surface area (Å²) in [5.41, 5.74) is 0. The van der Waals surface area contributed by atoms with Gasteiger partial charge in [0.1, 0.15) is 18.3 Å². The molecule has 0 aromatic heterocycles. The highest BCUT2D eigenvalue weighted by atomic mass is 35.5. The highest BCUT2D eigenvalue weighted by Crippen LogP contribution is 2.17. The SMILES string of the molecule is Cl.[O-]C1OC(CO)C(O)C(O)C1O. The summed E-state index contributed by atoms with van der Waals surface area (Å²) in [7, 11) is 0. The molecule has 0 bridgehead atoms. The Morgan fingerprint density at radius 3 is 2.08 bits per heavy atom. The van der Waals surface area contributed by atoms with Crippen LogP contribution >= 0.6 is 12.4 Å². The van der Waals surface area contributed by atoms with Crippen LogP contribution in [0.3, 0.4) is 0 Å². The Morgan fingerprint density at radius 2 is 1.62 bits per heavy atom. The van der Waals surface area contributed by atoms with Crippen molar-refractivity contribution in [2.45, 2.75) is 30.7 Å². The molecule has 0 aromatic rings. The van der Waals surface area contributed by atoms with Crippen molar-refractivity contribution < 1.29 is 30.3 Å². The zero-order valence-electron chi connectivity index (χ0n) is 6.61. The number of rotatable bonds is 1. The maximum Gasteiger partial charge on any atom is 0.111 e. The van der Waals surface area contributed by atoms with Crippen LogP contribution in [0.25, 0.3) is 0 Å². The van der Waals surface area contributed by atoms with Crippen LogP contribution in [0.2, 0.25) is 0 Å². The first-order chi connectivity index (χ1) is 5.57. The fraction of sp³-hybridized carbons (Fsp3) is 1.00. The van der Waals surface area contributed by atoms with Gasteiger partial charge in [-0.1, -0.05) is 0 Å². The van der Waals surface area contributed by atoms with Crippen LogP contribution in [0.4, 0.5) is 0 Å². The van der Waals surface area contributed by atoms with E-state index < -0.39 is 37.3 Å². The summed E-state index contributed by atoms with van der Waals surface area (Å²) in [6.07, 6.45) is -7.57. The monoisotopic (exact) mass is 215 g/mol. The average molecular weight is 216 g/mol. The van der Waals surface area contributed by atoms with Gasteiger partial charge in [-0.3, -0.25) is 0 Å². The molecule has 1 saturated heterocycles. The van der Waals surface area contributed by atoms with E-state index in [-0.39, 0.29) is 12.4 Å². The van der Waals surface area contributed by atoms with E-state index in [4.69, 9.17) is 20.4 Å². The Bertz CT molecular complexity index is 151. The van der Waals surface area contributed by atoms with E-state index in [9.17, 15) is 5.11 Å². The fourth-order valence-electron chi connectivity index (χ4n) is 1.07. The van der Waals surface area contributed by atoms with Crippen LogP contribution in [-0.2, 0) is 4.74 Å². The molecule has 1 fully saturated rings. The summed E-state index contributed by atoms with van der Waals surface area (Å²) in [5, 5.41) is 46.3. The van der Waals surface area contributed by atoms with Crippen molar-refractivity contribution in [1.29, 1.82) is 0 Å². The molecular weight excluding hydrogens is 204 g/mol. The molecule has 1 heterocycles. The van der Waals surface area contributed by atoms with E-state index in [1.165, 1.54) is 0 Å². The fourth-order valence-corrected chi connectivity index (χ4v) is 1.07. The zero-order chi connectivity index (χ0) is 9.30. The number of aliphatic hydroxyl groups excluding tert-OH is 4. The molecule has 13 heavy (non-hydrogen) atoms. The lowest BCUT2D eigenvalue weighted by Crippen LogP contribution is -2.62. The summed E-state index contributed by atoms with van der Waals surface area (Å²) in [6, 6.07) is 0. The first-order valence-corrected chi connectivity index (χ1v) is 3.54. The van der Waals surface area contributed by atoms with E-state index in [1.54, 1.807) is 0 Å². The number of halogens is 1. The van der Waals surface area contributed by atoms with Crippen molar-refractivity contribution in [2.75, 3.05) is 6.61 Å². The molecule has 4 N–H and O–H groups in total. The van der Waals surface area contributed by atoms with Crippen molar-refractivity contribution in [3.8, 4) is 0 Å². The molecule has 5 atom stereocenters. The first-order valence-electron chi connectivity index (χ1n) is 3.54. The molecule has 0 spiro atoms. The average Bonchev–Trinajstić information content (AvgIpc) is 2.08. The van der Waals surface area contributed by atoms with E-state index in [0.717, 1.165) is 0 Å². The van der Waals surface area contributed by atoms with Gasteiger partial charge in [-0.15, -0.1) is 12.4 Å². The molecule has 1 rings (SSSR count). The maximum absolute atomic E-state index is 10.7. The van der Waals surface area contributed by atoms with Gasteiger partial charge in [0.15, 0.2) is 0 Å². The maximum atomic E-state index is 10.7. The van der Waals surface area contributed by atoms with Gasteiger partial charge in [0.2, 0.25) is 0 Å². The van der Waals surface area contributed by atoms with Gasteiger partial charge < -0.3 is 30.3 Å². The second-order valence-corrected chi connectivity index (χ2v) is 2.70. The lowest BCUT2D eigenvalue weighted by atomic mass is 10.00. The van der Waals surface area contributed by atoms with E-state index in [2.05, 4.69) is 4.74 Å². The van der Waals surface area contributed by atoms with Gasteiger partial charge in [0.05, 0.1) is 12.7 Å². The molecule has 0 aliphatic carbocycles. The van der Waals surface area contributed by atoms with Crippen LogP contribution in [0.1, 0.15) is 0 Å². The predicted octanol–water partition coefficient (Wildman–Crippen LogP) is -3.43. The third kappa shape index (κ3) is 2.50. The van der Waals surface area contributed by atoms with Crippen molar-refractivity contribution in [3.63, 3.8) is 0 Å².